The summed E-state index contributed by atoms with van der Waals surface area (Å²) in [5.41, 5.74) is 0.342. The van der Waals surface area contributed by atoms with Gasteiger partial charge in [0.05, 0.1) is 12.1 Å². The van der Waals surface area contributed by atoms with Crippen molar-refractivity contribution >= 4 is 5.91 Å². The third kappa shape index (κ3) is 3.03. The fourth-order valence-electron chi connectivity index (χ4n) is 2.01. The van der Waals surface area contributed by atoms with Crippen LogP contribution in [0.5, 0.6) is 0 Å². The fourth-order valence-corrected chi connectivity index (χ4v) is 2.01. The average molecular weight is 237 g/mol. The topological polar surface area (TPSA) is 38.3 Å². The first-order valence-electron chi connectivity index (χ1n) is 5.85. The van der Waals surface area contributed by atoms with E-state index in [0.717, 1.165) is 19.4 Å². The molecule has 0 aliphatic carbocycles. The van der Waals surface area contributed by atoms with Crippen LogP contribution in [-0.2, 0) is 4.74 Å². The Balaban J connectivity index is 1.96. The van der Waals surface area contributed by atoms with Crippen LogP contribution in [0, 0.1) is 5.82 Å². The minimum absolute atomic E-state index is 0.0479. The van der Waals surface area contributed by atoms with Crippen LogP contribution in [-0.4, -0.2) is 24.7 Å². The summed E-state index contributed by atoms with van der Waals surface area (Å²) in [7, 11) is 0. The number of halogens is 1. The van der Waals surface area contributed by atoms with Crippen LogP contribution in [0.15, 0.2) is 24.3 Å². The van der Waals surface area contributed by atoms with Gasteiger partial charge in [-0.25, -0.2) is 4.39 Å². The number of hydrogen-bond donors (Lipinski definition) is 1. The van der Waals surface area contributed by atoms with Gasteiger partial charge in [0.1, 0.15) is 5.82 Å². The summed E-state index contributed by atoms with van der Waals surface area (Å²) in [5, 5.41) is 2.83. The Labute approximate surface area is 100.0 Å². The van der Waals surface area contributed by atoms with Crippen LogP contribution in [0.3, 0.4) is 0 Å². The number of benzene rings is 1. The molecule has 3 nitrogen and oxygen atoms in total. The van der Waals surface area contributed by atoms with Crippen LogP contribution in [0.25, 0.3) is 0 Å². The molecule has 2 rings (SSSR count). The van der Waals surface area contributed by atoms with Gasteiger partial charge in [0.25, 0.3) is 5.91 Å². The second-order valence-corrected chi connectivity index (χ2v) is 4.32. The van der Waals surface area contributed by atoms with E-state index in [1.165, 1.54) is 18.2 Å². The Morgan fingerprint density at radius 3 is 3.06 bits per heavy atom. The lowest BCUT2D eigenvalue weighted by Gasteiger charge is -2.19. The molecule has 92 valence electrons. The maximum absolute atomic E-state index is 13.0. The van der Waals surface area contributed by atoms with Crippen molar-refractivity contribution in [2.75, 3.05) is 6.61 Å². The Hall–Kier alpha value is -1.42. The van der Waals surface area contributed by atoms with Crippen LogP contribution in [0.1, 0.15) is 30.1 Å². The molecule has 1 N–H and O–H groups in total. The van der Waals surface area contributed by atoms with E-state index < -0.39 is 5.82 Å². The molecule has 1 amide bonds. The predicted molar refractivity (Wildman–Crippen MR) is 62.3 cm³/mol. The van der Waals surface area contributed by atoms with Crippen LogP contribution in [0.4, 0.5) is 4.39 Å². The van der Waals surface area contributed by atoms with Gasteiger partial charge in [0.2, 0.25) is 0 Å². The number of carbonyl (C=O) groups excluding carboxylic acids is 1. The van der Waals surface area contributed by atoms with Crippen LogP contribution >= 0.6 is 0 Å². The Kier molecular flexibility index (Phi) is 3.74. The van der Waals surface area contributed by atoms with Crippen molar-refractivity contribution in [1.29, 1.82) is 0 Å². The third-order valence-electron chi connectivity index (χ3n) is 2.97. The highest BCUT2D eigenvalue weighted by Gasteiger charge is 2.23. The molecule has 4 heteroatoms. The molecular weight excluding hydrogens is 221 g/mol. The second-order valence-electron chi connectivity index (χ2n) is 4.32. The molecule has 0 unspecified atom stereocenters. The summed E-state index contributed by atoms with van der Waals surface area (Å²) < 4.78 is 18.4. The van der Waals surface area contributed by atoms with Crippen molar-refractivity contribution in [2.24, 2.45) is 0 Å². The van der Waals surface area contributed by atoms with Gasteiger partial charge in [-0.15, -0.1) is 0 Å². The normalized spacial score (nSPS) is 21.2. The summed E-state index contributed by atoms with van der Waals surface area (Å²) in [6, 6.07) is 5.63. The standard InChI is InChI=1S/C13H16FNO2/c1-9(12-6-3-7-17-12)15-13(16)10-4-2-5-11(14)8-10/h2,4-5,8-9,12H,3,6-7H2,1H3,(H,15,16)/t9-,12-/m0/s1. The van der Waals surface area contributed by atoms with Gasteiger partial charge >= 0.3 is 0 Å². The zero-order chi connectivity index (χ0) is 12.3. The maximum Gasteiger partial charge on any atom is 0.251 e. The zero-order valence-electron chi connectivity index (χ0n) is 9.78. The lowest BCUT2D eigenvalue weighted by Crippen LogP contribution is -2.40. The van der Waals surface area contributed by atoms with Crippen LogP contribution in [0.2, 0.25) is 0 Å². The second kappa shape index (κ2) is 5.27. The Morgan fingerprint density at radius 1 is 1.59 bits per heavy atom. The number of rotatable bonds is 3. The smallest absolute Gasteiger partial charge is 0.251 e. The van der Waals surface area contributed by atoms with E-state index in [1.54, 1.807) is 6.07 Å². The first kappa shape index (κ1) is 12.0. The number of carbonyl (C=O) groups is 1. The molecule has 1 aromatic carbocycles. The van der Waals surface area contributed by atoms with Crippen molar-refractivity contribution in [3.63, 3.8) is 0 Å². The fraction of sp³-hybridized carbons (Fsp3) is 0.462. The molecule has 0 spiro atoms. The Morgan fingerprint density at radius 2 is 2.41 bits per heavy atom. The summed E-state index contributed by atoms with van der Waals surface area (Å²) in [6.07, 6.45) is 2.07. The van der Waals surface area contributed by atoms with Gasteiger partial charge in [0, 0.05) is 12.2 Å². The maximum atomic E-state index is 13.0. The van der Waals surface area contributed by atoms with Crippen molar-refractivity contribution in [3.05, 3.63) is 35.6 Å². The molecule has 1 aromatic rings. The van der Waals surface area contributed by atoms with Gasteiger partial charge in [-0.05, 0) is 38.0 Å². The van der Waals surface area contributed by atoms with Crippen molar-refractivity contribution < 1.29 is 13.9 Å². The van der Waals surface area contributed by atoms with Gasteiger partial charge in [-0.1, -0.05) is 6.07 Å². The largest absolute Gasteiger partial charge is 0.376 e. The molecule has 0 saturated carbocycles. The molecule has 0 bridgehead atoms. The molecule has 1 fully saturated rings. The van der Waals surface area contributed by atoms with Crippen molar-refractivity contribution in [1.82, 2.24) is 5.32 Å². The average Bonchev–Trinajstić information content (AvgIpc) is 2.82. The molecule has 2 atom stereocenters. The lowest BCUT2D eigenvalue weighted by atomic mass is 10.1. The summed E-state index contributed by atoms with van der Waals surface area (Å²) in [6.45, 7) is 2.66. The van der Waals surface area contributed by atoms with Gasteiger partial charge in [-0.3, -0.25) is 4.79 Å². The van der Waals surface area contributed by atoms with Crippen molar-refractivity contribution in [2.45, 2.75) is 31.9 Å². The molecule has 1 aliphatic rings. The number of nitrogens with one attached hydrogen (secondary N) is 1. The van der Waals surface area contributed by atoms with Gasteiger partial charge in [0.15, 0.2) is 0 Å². The third-order valence-corrected chi connectivity index (χ3v) is 2.97. The molecule has 1 saturated heterocycles. The highest BCUT2D eigenvalue weighted by molar-refractivity contribution is 5.94. The lowest BCUT2D eigenvalue weighted by molar-refractivity contribution is 0.0712. The quantitative estimate of drug-likeness (QED) is 0.874. The first-order valence-corrected chi connectivity index (χ1v) is 5.85. The minimum Gasteiger partial charge on any atom is -0.376 e. The summed E-state index contributed by atoms with van der Waals surface area (Å²) in [4.78, 5) is 11.8. The van der Waals surface area contributed by atoms with Crippen LogP contribution < -0.4 is 5.32 Å². The first-order chi connectivity index (χ1) is 8.16. The van der Waals surface area contributed by atoms with E-state index in [0.29, 0.717) is 5.56 Å². The molecule has 1 aliphatic heterocycles. The number of hydrogen-bond acceptors (Lipinski definition) is 2. The SMILES string of the molecule is C[C@H](NC(=O)c1cccc(F)c1)[C@@H]1CCCO1. The number of amides is 1. The monoisotopic (exact) mass is 237 g/mol. The van der Waals surface area contributed by atoms with E-state index in [2.05, 4.69) is 5.32 Å². The molecular formula is C13H16FNO2. The highest BCUT2D eigenvalue weighted by atomic mass is 19.1. The highest BCUT2D eigenvalue weighted by Crippen LogP contribution is 2.15. The molecule has 1 heterocycles. The van der Waals surface area contributed by atoms with Gasteiger partial charge in [-0.2, -0.15) is 0 Å². The van der Waals surface area contributed by atoms with E-state index in [-0.39, 0.29) is 18.1 Å². The van der Waals surface area contributed by atoms with E-state index in [4.69, 9.17) is 4.74 Å². The van der Waals surface area contributed by atoms with Crippen molar-refractivity contribution in [3.8, 4) is 0 Å². The molecule has 17 heavy (non-hydrogen) atoms. The predicted octanol–water partition coefficient (Wildman–Crippen LogP) is 2.12. The van der Waals surface area contributed by atoms with E-state index in [1.807, 2.05) is 6.92 Å². The summed E-state index contributed by atoms with van der Waals surface area (Å²) in [5.74, 6) is -0.657. The van der Waals surface area contributed by atoms with E-state index in [9.17, 15) is 9.18 Å². The number of ether oxygens (including phenoxy) is 1. The van der Waals surface area contributed by atoms with E-state index >= 15 is 0 Å². The zero-order valence-corrected chi connectivity index (χ0v) is 9.78. The minimum atomic E-state index is -0.401. The molecule has 0 aromatic heterocycles. The van der Waals surface area contributed by atoms with Gasteiger partial charge < -0.3 is 10.1 Å². The molecule has 0 radical (unpaired) electrons. The summed E-state index contributed by atoms with van der Waals surface area (Å²) >= 11 is 0. The Bertz CT molecular complexity index is 402.